The van der Waals surface area contributed by atoms with E-state index in [0.29, 0.717) is 32.2 Å². The average Bonchev–Trinajstić information content (AvgIpc) is 2.47. The van der Waals surface area contributed by atoms with E-state index in [9.17, 15) is 13.6 Å². The van der Waals surface area contributed by atoms with Crippen LogP contribution in [-0.2, 0) is 4.79 Å². The van der Waals surface area contributed by atoms with Crippen molar-refractivity contribution >= 4 is 5.91 Å². The maximum absolute atomic E-state index is 13.6. The van der Waals surface area contributed by atoms with Gasteiger partial charge in [-0.15, -0.1) is 0 Å². The zero-order chi connectivity index (χ0) is 15.5. The first-order valence-electron chi connectivity index (χ1n) is 7.68. The number of rotatable bonds is 4. The van der Waals surface area contributed by atoms with Gasteiger partial charge in [0.15, 0.2) is 0 Å². The van der Waals surface area contributed by atoms with Crippen molar-refractivity contribution in [2.45, 2.75) is 24.8 Å². The number of carbonyl (C=O) groups is 1. The van der Waals surface area contributed by atoms with Crippen molar-refractivity contribution in [2.75, 3.05) is 59.9 Å². The lowest BCUT2D eigenvalue weighted by Gasteiger charge is -2.42. The van der Waals surface area contributed by atoms with Gasteiger partial charge in [0.05, 0.1) is 6.54 Å². The summed E-state index contributed by atoms with van der Waals surface area (Å²) in [6.07, 6.45) is 2.25. The van der Waals surface area contributed by atoms with Gasteiger partial charge in [-0.25, -0.2) is 0 Å². The normalized spacial score (nSPS) is 23.5. The van der Waals surface area contributed by atoms with E-state index in [2.05, 4.69) is 22.2 Å². The first-order valence-corrected chi connectivity index (χ1v) is 7.68. The number of nitrogens with zero attached hydrogens (tertiary/aromatic N) is 3. The highest BCUT2D eigenvalue weighted by Gasteiger charge is 2.42. The molecular weight excluding hydrogens is 278 g/mol. The van der Waals surface area contributed by atoms with Gasteiger partial charge in [-0.05, 0) is 40.0 Å². The fourth-order valence-electron chi connectivity index (χ4n) is 3.18. The number of halogens is 2. The molecule has 2 rings (SSSR count). The van der Waals surface area contributed by atoms with Crippen molar-refractivity contribution in [3.63, 3.8) is 0 Å². The molecule has 0 aromatic heterocycles. The zero-order valence-electron chi connectivity index (χ0n) is 12.9. The Kier molecular flexibility index (Phi) is 5.51. The smallest absolute Gasteiger partial charge is 0.335 e. The van der Waals surface area contributed by atoms with Crippen LogP contribution in [0.1, 0.15) is 12.8 Å². The number of nitrogens with one attached hydrogen (secondary N) is 1. The molecule has 0 unspecified atom stereocenters. The van der Waals surface area contributed by atoms with Crippen LogP contribution in [0.15, 0.2) is 0 Å². The van der Waals surface area contributed by atoms with Gasteiger partial charge in [-0.2, -0.15) is 8.78 Å². The minimum Gasteiger partial charge on any atom is -0.335 e. The number of carbonyl (C=O) groups excluding carboxylic acids is 1. The van der Waals surface area contributed by atoms with E-state index >= 15 is 0 Å². The van der Waals surface area contributed by atoms with E-state index < -0.39 is 18.4 Å². The summed E-state index contributed by atoms with van der Waals surface area (Å²) in [5.41, 5.74) is 0. The lowest BCUT2D eigenvalue weighted by Crippen LogP contribution is -2.57. The Balaban J connectivity index is 1.81. The lowest BCUT2D eigenvalue weighted by molar-refractivity contribution is -0.158. The summed E-state index contributed by atoms with van der Waals surface area (Å²) < 4.78 is 27.2. The second kappa shape index (κ2) is 6.98. The summed E-state index contributed by atoms with van der Waals surface area (Å²) in [4.78, 5) is 17.8. The maximum Gasteiger partial charge on any atom is 0.336 e. The van der Waals surface area contributed by atoms with E-state index in [4.69, 9.17) is 0 Å². The van der Waals surface area contributed by atoms with E-state index in [1.165, 1.54) is 11.9 Å². The quantitative estimate of drug-likeness (QED) is 0.798. The molecule has 21 heavy (non-hydrogen) atoms. The van der Waals surface area contributed by atoms with Crippen LogP contribution < -0.4 is 5.32 Å². The predicted molar refractivity (Wildman–Crippen MR) is 77.5 cm³/mol. The molecule has 2 fully saturated rings. The Morgan fingerprint density at radius 1 is 1.14 bits per heavy atom. The molecule has 1 amide bonds. The van der Waals surface area contributed by atoms with Crippen LogP contribution in [-0.4, -0.2) is 92.5 Å². The molecule has 0 atom stereocenters. The Hall–Kier alpha value is -0.790. The standard InChI is InChI=1S/C14H26F2N4O/c1-17-11-14(15,16)13(21)20-9-7-19(8-10-20)12-3-5-18(2)6-4-12/h12,17H,3-11H2,1-2H3. The van der Waals surface area contributed by atoms with Crippen LogP contribution in [0.25, 0.3) is 0 Å². The summed E-state index contributed by atoms with van der Waals surface area (Å²) in [5, 5.41) is 2.38. The van der Waals surface area contributed by atoms with Crippen LogP contribution in [0.2, 0.25) is 0 Å². The Labute approximate surface area is 125 Å². The van der Waals surface area contributed by atoms with Gasteiger partial charge in [-0.1, -0.05) is 0 Å². The number of piperazine rings is 1. The topological polar surface area (TPSA) is 38.8 Å². The highest BCUT2D eigenvalue weighted by atomic mass is 19.3. The molecule has 0 bridgehead atoms. The summed E-state index contributed by atoms with van der Waals surface area (Å²) in [6.45, 7) is 3.80. The van der Waals surface area contributed by atoms with Crippen molar-refractivity contribution in [1.29, 1.82) is 0 Å². The number of hydrogen-bond donors (Lipinski definition) is 1. The van der Waals surface area contributed by atoms with Gasteiger partial charge in [0.1, 0.15) is 0 Å². The fourth-order valence-corrected chi connectivity index (χ4v) is 3.18. The molecule has 2 heterocycles. The highest BCUT2D eigenvalue weighted by molar-refractivity contribution is 5.83. The molecule has 0 spiro atoms. The minimum atomic E-state index is -3.30. The molecule has 0 aromatic rings. The Bertz CT molecular complexity index is 351. The third kappa shape index (κ3) is 4.11. The monoisotopic (exact) mass is 304 g/mol. The minimum absolute atomic E-state index is 0.407. The van der Waals surface area contributed by atoms with E-state index in [1.807, 2.05) is 0 Å². The first kappa shape index (κ1) is 16.6. The van der Waals surface area contributed by atoms with E-state index in [0.717, 1.165) is 25.9 Å². The number of amides is 1. The molecule has 0 saturated carbocycles. The molecule has 2 aliphatic heterocycles. The molecule has 0 aliphatic carbocycles. The second-order valence-electron chi connectivity index (χ2n) is 6.10. The van der Waals surface area contributed by atoms with E-state index in [1.54, 1.807) is 0 Å². The Morgan fingerprint density at radius 2 is 1.71 bits per heavy atom. The van der Waals surface area contributed by atoms with Crippen molar-refractivity contribution in [3.05, 3.63) is 0 Å². The molecule has 7 heteroatoms. The van der Waals surface area contributed by atoms with Crippen LogP contribution in [0.4, 0.5) is 8.78 Å². The first-order chi connectivity index (χ1) is 9.94. The second-order valence-corrected chi connectivity index (χ2v) is 6.10. The maximum atomic E-state index is 13.6. The van der Waals surface area contributed by atoms with Gasteiger partial charge < -0.3 is 15.1 Å². The van der Waals surface area contributed by atoms with Gasteiger partial charge in [0.2, 0.25) is 0 Å². The summed E-state index contributed by atoms with van der Waals surface area (Å²) in [6, 6.07) is 0.538. The largest absolute Gasteiger partial charge is 0.336 e. The highest BCUT2D eigenvalue weighted by Crippen LogP contribution is 2.21. The lowest BCUT2D eigenvalue weighted by atomic mass is 10.0. The number of hydrogen-bond acceptors (Lipinski definition) is 4. The molecule has 2 aliphatic rings. The summed E-state index contributed by atoms with van der Waals surface area (Å²) in [7, 11) is 3.55. The predicted octanol–water partition coefficient (Wildman–Crippen LogP) is 0.0795. The molecule has 2 saturated heterocycles. The summed E-state index contributed by atoms with van der Waals surface area (Å²) >= 11 is 0. The fraction of sp³-hybridized carbons (Fsp3) is 0.929. The van der Waals surface area contributed by atoms with Crippen LogP contribution in [0.3, 0.4) is 0 Å². The molecular formula is C14H26F2N4O. The SMILES string of the molecule is CNCC(F)(F)C(=O)N1CCN(C2CCN(C)CC2)CC1. The molecule has 5 nitrogen and oxygen atoms in total. The van der Waals surface area contributed by atoms with Crippen LogP contribution >= 0.6 is 0 Å². The summed E-state index contributed by atoms with van der Waals surface area (Å²) in [5.74, 6) is -4.34. The Morgan fingerprint density at radius 3 is 2.24 bits per heavy atom. The molecule has 0 aromatic carbocycles. The van der Waals surface area contributed by atoms with Crippen LogP contribution in [0, 0.1) is 0 Å². The van der Waals surface area contributed by atoms with Crippen molar-refractivity contribution in [1.82, 2.24) is 20.0 Å². The van der Waals surface area contributed by atoms with Crippen LogP contribution in [0.5, 0.6) is 0 Å². The van der Waals surface area contributed by atoms with Gasteiger partial charge in [0, 0.05) is 32.2 Å². The molecule has 1 N–H and O–H groups in total. The number of piperidine rings is 1. The van der Waals surface area contributed by atoms with Gasteiger partial charge in [-0.3, -0.25) is 9.69 Å². The molecule has 122 valence electrons. The third-order valence-electron chi connectivity index (χ3n) is 4.52. The number of alkyl halides is 2. The van der Waals surface area contributed by atoms with Crippen molar-refractivity contribution < 1.29 is 13.6 Å². The van der Waals surface area contributed by atoms with Crippen molar-refractivity contribution in [3.8, 4) is 0 Å². The van der Waals surface area contributed by atoms with Gasteiger partial charge in [0.25, 0.3) is 5.91 Å². The van der Waals surface area contributed by atoms with E-state index in [-0.39, 0.29) is 0 Å². The third-order valence-corrected chi connectivity index (χ3v) is 4.52. The average molecular weight is 304 g/mol. The van der Waals surface area contributed by atoms with Crippen molar-refractivity contribution in [2.24, 2.45) is 0 Å². The van der Waals surface area contributed by atoms with Gasteiger partial charge >= 0.3 is 5.92 Å². The number of likely N-dealkylation sites (tertiary alicyclic amines) is 1. The molecule has 0 radical (unpaired) electrons. The zero-order valence-corrected chi connectivity index (χ0v) is 12.9.